The lowest BCUT2D eigenvalue weighted by atomic mass is 9.88. The van der Waals surface area contributed by atoms with Crippen LogP contribution in [0, 0.1) is 5.82 Å². The quantitative estimate of drug-likeness (QED) is 0.907. The van der Waals surface area contributed by atoms with Crippen LogP contribution in [0.1, 0.15) is 50.4 Å². The SMILES string of the molecule is CCC(O)(Cc1nc(C(C)(C)C)cs1)c1cccc(F)c1. The summed E-state index contributed by atoms with van der Waals surface area (Å²) < 4.78 is 13.4. The van der Waals surface area contributed by atoms with E-state index >= 15 is 0 Å². The molecular weight excluding hydrogens is 285 g/mol. The summed E-state index contributed by atoms with van der Waals surface area (Å²) in [5, 5.41) is 13.8. The molecule has 2 aromatic rings. The van der Waals surface area contributed by atoms with Crippen LogP contribution < -0.4 is 0 Å². The zero-order valence-electron chi connectivity index (χ0n) is 13.0. The van der Waals surface area contributed by atoms with Crippen LogP contribution in [0.15, 0.2) is 29.6 Å². The van der Waals surface area contributed by atoms with Gasteiger partial charge in [0.15, 0.2) is 0 Å². The molecule has 1 heterocycles. The highest BCUT2D eigenvalue weighted by Crippen LogP contribution is 2.32. The highest BCUT2D eigenvalue weighted by molar-refractivity contribution is 7.09. The van der Waals surface area contributed by atoms with E-state index in [4.69, 9.17) is 0 Å². The first-order chi connectivity index (χ1) is 9.74. The molecule has 0 spiro atoms. The molecule has 21 heavy (non-hydrogen) atoms. The Bertz CT molecular complexity index is 617. The van der Waals surface area contributed by atoms with Crippen molar-refractivity contribution in [3.05, 3.63) is 51.7 Å². The minimum Gasteiger partial charge on any atom is -0.385 e. The maximum absolute atomic E-state index is 13.4. The molecular formula is C17H22FNOS. The summed E-state index contributed by atoms with van der Waals surface area (Å²) in [4.78, 5) is 4.63. The standard InChI is InChI=1S/C17H22FNOS/c1-5-17(20,12-7-6-8-13(18)9-12)10-15-19-14(11-21-15)16(2,3)4/h6-9,11,20H,5,10H2,1-4H3. The lowest BCUT2D eigenvalue weighted by molar-refractivity contribution is 0.0323. The minimum atomic E-state index is -1.07. The van der Waals surface area contributed by atoms with Gasteiger partial charge in [0.1, 0.15) is 5.82 Å². The van der Waals surface area contributed by atoms with Crippen molar-refractivity contribution in [2.24, 2.45) is 0 Å². The molecule has 1 atom stereocenters. The van der Waals surface area contributed by atoms with Crippen molar-refractivity contribution in [3.8, 4) is 0 Å². The van der Waals surface area contributed by atoms with E-state index in [-0.39, 0.29) is 11.2 Å². The van der Waals surface area contributed by atoms with Crippen molar-refractivity contribution in [1.82, 2.24) is 4.98 Å². The van der Waals surface area contributed by atoms with Crippen LogP contribution in [0.25, 0.3) is 0 Å². The van der Waals surface area contributed by atoms with Crippen LogP contribution in [0.4, 0.5) is 4.39 Å². The Balaban J connectivity index is 2.28. The van der Waals surface area contributed by atoms with E-state index in [9.17, 15) is 9.50 Å². The van der Waals surface area contributed by atoms with Gasteiger partial charge < -0.3 is 5.11 Å². The molecule has 0 saturated carbocycles. The number of nitrogens with zero attached hydrogens (tertiary/aromatic N) is 1. The fourth-order valence-electron chi connectivity index (χ4n) is 2.20. The van der Waals surface area contributed by atoms with Gasteiger partial charge >= 0.3 is 0 Å². The van der Waals surface area contributed by atoms with Crippen LogP contribution >= 0.6 is 11.3 Å². The first-order valence-corrected chi connectivity index (χ1v) is 8.06. The van der Waals surface area contributed by atoms with Gasteiger partial charge in [0.2, 0.25) is 0 Å². The van der Waals surface area contributed by atoms with E-state index in [0.29, 0.717) is 18.4 Å². The first kappa shape index (κ1) is 16.1. The van der Waals surface area contributed by atoms with Gasteiger partial charge in [-0.25, -0.2) is 9.37 Å². The Hall–Kier alpha value is -1.26. The molecule has 4 heteroatoms. The zero-order chi connectivity index (χ0) is 15.7. The molecule has 1 aromatic heterocycles. The van der Waals surface area contributed by atoms with Crippen molar-refractivity contribution < 1.29 is 9.50 Å². The number of benzene rings is 1. The maximum Gasteiger partial charge on any atom is 0.123 e. The van der Waals surface area contributed by atoms with Gasteiger partial charge in [-0.1, -0.05) is 39.8 Å². The van der Waals surface area contributed by atoms with E-state index in [1.165, 1.54) is 12.1 Å². The number of hydrogen-bond acceptors (Lipinski definition) is 3. The Morgan fingerprint density at radius 1 is 1.29 bits per heavy atom. The van der Waals surface area contributed by atoms with Gasteiger partial charge in [-0.05, 0) is 24.1 Å². The van der Waals surface area contributed by atoms with Gasteiger partial charge in [0.25, 0.3) is 0 Å². The molecule has 1 unspecified atom stereocenters. The second kappa shape index (κ2) is 5.85. The van der Waals surface area contributed by atoms with Crippen molar-refractivity contribution >= 4 is 11.3 Å². The molecule has 0 radical (unpaired) electrons. The molecule has 1 N–H and O–H groups in total. The summed E-state index contributed by atoms with van der Waals surface area (Å²) in [6, 6.07) is 6.20. The molecule has 0 amide bonds. The molecule has 0 aliphatic heterocycles. The van der Waals surface area contributed by atoms with Gasteiger partial charge in [-0.3, -0.25) is 0 Å². The predicted molar refractivity (Wildman–Crippen MR) is 85.1 cm³/mol. The highest BCUT2D eigenvalue weighted by Gasteiger charge is 2.30. The second-order valence-electron chi connectivity index (χ2n) is 6.45. The Labute approximate surface area is 129 Å². The van der Waals surface area contributed by atoms with E-state index in [1.807, 2.05) is 12.3 Å². The monoisotopic (exact) mass is 307 g/mol. The maximum atomic E-state index is 13.4. The average Bonchev–Trinajstić information content (AvgIpc) is 2.87. The topological polar surface area (TPSA) is 33.1 Å². The fraction of sp³-hybridized carbons (Fsp3) is 0.471. The van der Waals surface area contributed by atoms with E-state index in [0.717, 1.165) is 10.7 Å². The van der Waals surface area contributed by atoms with Crippen LogP contribution in [0.5, 0.6) is 0 Å². The number of aliphatic hydroxyl groups is 1. The molecule has 0 bridgehead atoms. The normalized spacial score (nSPS) is 15.0. The van der Waals surface area contributed by atoms with Gasteiger partial charge in [-0.15, -0.1) is 11.3 Å². The second-order valence-corrected chi connectivity index (χ2v) is 7.39. The van der Waals surface area contributed by atoms with E-state index < -0.39 is 5.60 Å². The fourth-order valence-corrected chi connectivity index (χ4v) is 3.32. The summed E-state index contributed by atoms with van der Waals surface area (Å²) >= 11 is 1.55. The van der Waals surface area contributed by atoms with Crippen molar-refractivity contribution in [3.63, 3.8) is 0 Å². The van der Waals surface area contributed by atoms with E-state index in [2.05, 4.69) is 25.8 Å². The molecule has 2 rings (SSSR count). The molecule has 2 nitrogen and oxygen atoms in total. The van der Waals surface area contributed by atoms with Crippen molar-refractivity contribution in [1.29, 1.82) is 0 Å². The molecule has 1 aromatic carbocycles. The van der Waals surface area contributed by atoms with Crippen LogP contribution in [0.2, 0.25) is 0 Å². The Kier molecular flexibility index (Phi) is 4.49. The molecule has 0 aliphatic rings. The number of thiazole rings is 1. The predicted octanol–water partition coefficient (Wildman–Crippen LogP) is 4.42. The summed E-state index contributed by atoms with van der Waals surface area (Å²) in [5.41, 5.74) is 0.560. The van der Waals surface area contributed by atoms with Crippen molar-refractivity contribution in [2.75, 3.05) is 0 Å². The third-order valence-corrected chi connectivity index (χ3v) is 4.56. The highest BCUT2D eigenvalue weighted by atomic mass is 32.1. The average molecular weight is 307 g/mol. The van der Waals surface area contributed by atoms with Gasteiger partial charge in [0.05, 0.1) is 16.3 Å². The molecule has 114 valence electrons. The van der Waals surface area contributed by atoms with Crippen LogP contribution in [0.3, 0.4) is 0 Å². The summed E-state index contributed by atoms with van der Waals surface area (Å²) in [5.74, 6) is -0.325. The Morgan fingerprint density at radius 2 is 2.00 bits per heavy atom. The third kappa shape index (κ3) is 3.69. The smallest absolute Gasteiger partial charge is 0.123 e. The largest absolute Gasteiger partial charge is 0.385 e. The number of rotatable bonds is 4. The lowest BCUT2D eigenvalue weighted by Gasteiger charge is -2.26. The number of aromatic nitrogens is 1. The Morgan fingerprint density at radius 3 is 2.52 bits per heavy atom. The first-order valence-electron chi connectivity index (χ1n) is 7.18. The third-order valence-electron chi connectivity index (χ3n) is 3.71. The van der Waals surface area contributed by atoms with Crippen LogP contribution in [-0.4, -0.2) is 10.1 Å². The minimum absolute atomic E-state index is 0.00205. The molecule has 0 aliphatic carbocycles. The summed E-state index contributed by atoms with van der Waals surface area (Å²) in [6.45, 7) is 8.25. The molecule has 0 saturated heterocycles. The van der Waals surface area contributed by atoms with Crippen LogP contribution in [-0.2, 0) is 17.4 Å². The lowest BCUT2D eigenvalue weighted by Crippen LogP contribution is -2.28. The van der Waals surface area contributed by atoms with Gasteiger partial charge in [-0.2, -0.15) is 0 Å². The van der Waals surface area contributed by atoms with Crippen molar-refractivity contribution in [2.45, 2.75) is 51.6 Å². The summed E-state index contributed by atoms with van der Waals surface area (Å²) in [7, 11) is 0. The number of halogens is 1. The molecule has 0 fully saturated rings. The number of hydrogen-bond donors (Lipinski definition) is 1. The summed E-state index contributed by atoms with van der Waals surface area (Å²) in [6.07, 6.45) is 0.925. The van der Waals surface area contributed by atoms with Gasteiger partial charge in [0, 0.05) is 17.2 Å². The zero-order valence-corrected chi connectivity index (χ0v) is 13.8. The van der Waals surface area contributed by atoms with E-state index in [1.54, 1.807) is 23.5 Å².